The molecular formula is C31H17ClN4O5S3. The molecule has 5 aromatic rings. The number of carbonyl (C=O) groups excluding carboxylic acids is 4. The van der Waals surface area contributed by atoms with Crippen molar-refractivity contribution in [1.82, 2.24) is 10.3 Å². The van der Waals surface area contributed by atoms with Crippen LogP contribution < -0.4 is 15.1 Å². The minimum atomic E-state index is -0.639. The van der Waals surface area contributed by atoms with Crippen LogP contribution in [-0.4, -0.2) is 33.7 Å². The number of nitrogens with zero attached hydrogens (tertiary/aromatic N) is 3. The monoisotopic (exact) mass is 656 g/mol. The number of furan rings is 1. The number of thiocarbonyl (C=S) groups is 1. The maximum atomic E-state index is 13.3. The summed E-state index contributed by atoms with van der Waals surface area (Å²) in [6.07, 6.45) is 1.36. The summed E-state index contributed by atoms with van der Waals surface area (Å²) >= 11 is 14.1. The van der Waals surface area contributed by atoms with E-state index in [1.54, 1.807) is 72.8 Å². The number of halogens is 1. The number of fused-ring (bicyclic) bond motifs is 2. The molecule has 2 aliphatic rings. The van der Waals surface area contributed by atoms with Gasteiger partial charge in [-0.2, -0.15) is 0 Å². The number of imide groups is 1. The van der Waals surface area contributed by atoms with Crippen molar-refractivity contribution in [3.8, 4) is 0 Å². The van der Waals surface area contributed by atoms with Gasteiger partial charge in [0.15, 0.2) is 14.5 Å². The van der Waals surface area contributed by atoms with Crippen LogP contribution in [0.3, 0.4) is 0 Å². The summed E-state index contributed by atoms with van der Waals surface area (Å²) in [5, 5.41) is 3.44. The highest BCUT2D eigenvalue weighted by molar-refractivity contribution is 8.01. The smallest absolute Gasteiger partial charge is 0.270 e. The number of thiazole rings is 1. The third-order valence-corrected chi connectivity index (χ3v) is 9.69. The number of carbonyl (C=O) groups is 4. The summed E-state index contributed by atoms with van der Waals surface area (Å²) < 4.78 is 7.35. The van der Waals surface area contributed by atoms with Crippen LogP contribution in [0, 0.1) is 6.92 Å². The summed E-state index contributed by atoms with van der Waals surface area (Å²) in [4.78, 5) is 58.9. The van der Waals surface area contributed by atoms with Crippen molar-refractivity contribution in [1.29, 1.82) is 0 Å². The number of aryl methyl sites for hydroxylation is 1. The lowest BCUT2D eigenvalue weighted by Gasteiger charge is -2.29. The lowest BCUT2D eigenvalue weighted by atomic mass is 10.1. The van der Waals surface area contributed by atoms with Crippen LogP contribution in [0.5, 0.6) is 0 Å². The summed E-state index contributed by atoms with van der Waals surface area (Å²) in [5.41, 5.74) is 3.04. The topological polar surface area (TPSA) is 113 Å². The largest absolute Gasteiger partial charge is 0.450 e. The summed E-state index contributed by atoms with van der Waals surface area (Å²) in [7, 11) is 0. The first-order chi connectivity index (χ1) is 21.2. The first-order valence-electron chi connectivity index (χ1n) is 13.0. The molecule has 1 saturated heterocycles. The number of rotatable bonds is 5. The maximum Gasteiger partial charge on any atom is 0.270 e. The maximum absolute atomic E-state index is 13.3. The van der Waals surface area contributed by atoms with Gasteiger partial charge in [0.25, 0.3) is 23.6 Å². The summed E-state index contributed by atoms with van der Waals surface area (Å²) in [6, 6.07) is 20.4. The zero-order chi connectivity index (χ0) is 30.7. The molecule has 0 unspecified atom stereocenters. The third kappa shape index (κ3) is 4.81. The zero-order valence-corrected chi connectivity index (χ0v) is 25.7. The van der Waals surface area contributed by atoms with E-state index >= 15 is 0 Å². The number of hydrogen-bond donors (Lipinski definition) is 1. The van der Waals surface area contributed by atoms with E-state index in [1.165, 1.54) is 39.0 Å². The number of amides is 4. The van der Waals surface area contributed by atoms with Crippen LogP contribution in [0.2, 0.25) is 5.02 Å². The highest BCUT2D eigenvalue weighted by Gasteiger charge is 2.37. The van der Waals surface area contributed by atoms with Crippen molar-refractivity contribution in [2.24, 2.45) is 0 Å². The molecule has 9 nitrogen and oxygen atoms in total. The van der Waals surface area contributed by atoms with Crippen LogP contribution in [0.15, 0.2) is 92.2 Å². The number of aromatic nitrogens is 1. The van der Waals surface area contributed by atoms with Crippen molar-refractivity contribution in [3.63, 3.8) is 0 Å². The predicted octanol–water partition coefficient (Wildman–Crippen LogP) is 6.63. The Hall–Kier alpha value is -4.62. The molecule has 0 radical (unpaired) electrons. The Labute approximate surface area is 268 Å². The van der Waals surface area contributed by atoms with Gasteiger partial charge in [-0.25, -0.2) is 9.88 Å². The molecule has 0 saturated carbocycles. The van der Waals surface area contributed by atoms with E-state index in [4.69, 9.17) is 28.2 Å². The van der Waals surface area contributed by atoms with Crippen molar-refractivity contribution >= 4 is 103 Å². The van der Waals surface area contributed by atoms with E-state index in [2.05, 4.69) is 10.3 Å². The van der Waals surface area contributed by atoms with Crippen LogP contribution in [0.1, 0.15) is 32.0 Å². The van der Waals surface area contributed by atoms with Gasteiger partial charge in [0.05, 0.1) is 32.7 Å². The Bertz CT molecular complexity index is 2100. The predicted molar refractivity (Wildman–Crippen MR) is 172 cm³/mol. The average molecular weight is 657 g/mol. The molecule has 7 rings (SSSR count). The quantitative estimate of drug-likeness (QED) is 0.0971. The molecule has 1 fully saturated rings. The minimum Gasteiger partial charge on any atom is -0.450 e. The van der Waals surface area contributed by atoms with E-state index in [0.29, 0.717) is 42.5 Å². The molecule has 0 aliphatic carbocycles. The molecule has 4 amide bonds. The Morgan fingerprint density at radius 2 is 1.61 bits per heavy atom. The zero-order valence-electron chi connectivity index (χ0n) is 22.5. The number of anilines is 2. The molecule has 4 heterocycles. The Kier molecular flexibility index (Phi) is 6.93. The van der Waals surface area contributed by atoms with E-state index in [0.717, 1.165) is 10.3 Å². The highest BCUT2D eigenvalue weighted by atomic mass is 35.5. The fraction of sp³-hybridized carbons (Fsp3) is 0.0323. The van der Waals surface area contributed by atoms with Gasteiger partial charge in [0, 0.05) is 5.02 Å². The normalized spacial score (nSPS) is 16.0. The molecule has 0 spiro atoms. The van der Waals surface area contributed by atoms with Gasteiger partial charge < -0.3 is 4.42 Å². The molecule has 1 N–H and O–H groups in total. The highest BCUT2D eigenvalue weighted by Crippen LogP contribution is 2.38. The third-order valence-electron chi connectivity index (χ3n) is 7.00. The van der Waals surface area contributed by atoms with E-state index in [9.17, 15) is 19.2 Å². The Morgan fingerprint density at radius 1 is 0.909 bits per heavy atom. The van der Waals surface area contributed by atoms with Crippen molar-refractivity contribution in [2.45, 2.75) is 16.4 Å². The summed E-state index contributed by atoms with van der Waals surface area (Å²) in [6.45, 7) is 1.84. The molecule has 216 valence electrons. The molecule has 0 atom stereocenters. The first-order valence-corrected chi connectivity index (χ1v) is 15.4. The van der Waals surface area contributed by atoms with Gasteiger partial charge in [-0.3, -0.25) is 29.4 Å². The molecular weight excluding hydrogens is 640 g/mol. The molecule has 44 heavy (non-hydrogen) atoms. The second-order valence-electron chi connectivity index (χ2n) is 9.77. The van der Waals surface area contributed by atoms with Crippen molar-refractivity contribution in [2.75, 3.05) is 9.80 Å². The van der Waals surface area contributed by atoms with Crippen LogP contribution in [0.25, 0.3) is 16.3 Å². The minimum absolute atomic E-state index is 0.0465. The summed E-state index contributed by atoms with van der Waals surface area (Å²) in [5.74, 6) is -1.68. The lowest BCUT2D eigenvalue weighted by molar-refractivity contribution is -0.122. The van der Waals surface area contributed by atoms with E-state index in [-0.39, 0.29) is 28.3 Å². The van der Waals surface area contributed by atoms with Crippen molar-refractivity contribution in [3.05, 3.63) is 106 Å². The number of benzene rings is 3. The lowest BCUT2D eigenvalue weighted by Crippen LogP contribution is -2.54. The van der Waals surface area contributed by atoms with Gasteiger partial charge in [-0.05, 0) is 97.1 Å². The van der Waals surface area contributed by atoms with Crippen LogP contribution >= 0.6 is 46.9 Å². The molecule has 0 bridgehead atoms. The fourth-order valence-corrected chi connectivity index (χ4v) is 7.26. The van der Waals surface area contributed by atoms with Gasteiger partial charge in [-0.1, -0.05) is 29.8 Å². The van der Waals surface area contributed by atoms with Gasteiger partial charge in [0.2, 0.25) is 0 Å². The second kappa shape index (κ2) is 10.8. The van der Waals surface area contributed by atoms with E-state index < -0.39 is 11.8 Å². The van der Waals surface area contributed by atoms with Gasteiger partial charge in [-0.15, -0.1) is 11.3 Å². The molecule has 2 aromatic heterocycles. The van der Waals surface area contributed by atoms with Crippen LogP contribution in [0.4, 0.5) is 11.4 Å². The van der Waals surface area contributed by atoms with Gasteiger partial charge >= 0.3 is 0 Å². The Balaban J connectivity index is 1.11. The molecule has 13 heteroatoms. The molecule has 2 aliphatic heterocycles. The van der Waals surface area contributed by atoms with Crippen LogP contribution in [-0.2, 0) is 9.59 Å². The van der Waals surface area contributed by atoms with E-state index in [1.807, 2.05) is 6.92 Å². The SMILES string of the molecule is Cc1ccc(N2C(=O)/C(=C/c3ccc(Sc4nc5ccc(N6C(=O)c7ccccc7C6=O)cc5s4)o3)C(=O)NC2=S)cc1Cl. The molecule has 3 aromatic carbocycles. The number of nitrogens with one attached hydrogen (secondary N) is 1. The van der Waals surface area contributed by atoms with Crippen molar-refractivity contribution < 1.29 is 23.6 Å². The fourth-order valence-electron chi connectivity index (χ4n) is 4.81. The average Bonchev–Trinajstić information content (AvgIpc) is 3.68. The Morgan fingerprint density at radius 3 is 2.34 bits per heavy atom. The standard InChI is InChI=1S/C31H17ClN4O5S3/c1-15-6-7-16(12-22(15)32)36-29(40)21(26(37)34-30(36)42)14-18-9-11-25(41-18)44-31-33-23-10-8-17(13-24(23)43-31)35-27(38)19-4-2-3-5-20(19)28(35)39/h2-14H,1H3,(H,34,37,42)/b21-14+. The first kappa shape index (κ1) is 28.2. The van der Waals surface area contributed by atoms with Gasteiger partial charge in [0.1, 0.15) is 11.3 Å². The second-order valence-corrected chi connectivity index (χ2v) is 12.8. The number of hydrogen-bond acceptors (Lipinski definition) is 9.